The normalized spacial score (nSPS) is 27.5. The molecule has 0 aliphatic carbocycles. The Morgan fingerprint density at radius 2 is 2.22 bits per heavy atom. The Kier molecular flexibility index (Phi) is 3.63. The second-order valence-electron chi connectivity index (χ2n) is 5.36. The van der Waals surface area contributed by atoms with Gasteiger partial charge in [-0.1, -0.05) is 0 Å². The molecular formula is C13H22N4O. The second kappa shape index (κ2) is 5.38. The van der Waals surface area contributed by atoms with Crippen molar-refractivity contribution in [1.82, 2.24) is 20.2 Å². The van der Waals surface area contributed by atoms with Crippen molar-refractivity contribution in [3.05, 3.63) is 17.7 Å². The van der Waals surface area contributed by atoms with Gasteiger partial charge in [0.1, 0.15) is 11.9 Å². The van der Waals surface area contributed by atoms with Crippen LogP contribution < -0.4 is 5.32 Å². The number of hydrogen-bond donors (Lipinski definition) is 2. The molecule has 0 spiro atoms. The van der Waals surface area contributed by atoms with Crippen molar-refractivity contribution in [3.8, 4) is 0 Å². The van der Waals surface area contributed by atoms with Gasteiger partial charge in [-0.05, 0) is 33.0 Å². The maximum atomic E-state index is 5.72. The van der Waals surface area contributed by atoms with Crippen LogP contribution in [0.3, 0.4) is 0 Å². The van der Waals surface area contributed by atoms with Crippen molar-refractivity contribution in [2.75, 3.05) is 39.8 Å². The lowest BCUT2D eigenvalue weighted by Crippen LogP contribution is -2.34. The minimum atomic E-state index is 0.0961. The summed E-state index contributed by atoms with van der Waals surface area (Å²) < 4.78 is 5.72. The molecule has 2 fully saturated rings. The lowest BCUT2D eigenvalue weighted by molar-refractivity contribution is 0.0225. The molecule has 100 valence electrons. The van der Waals surface area contributed by atoms with E-state index in [9.17, 15) is 0 Å². The molecule has 2 aliphatic heterocycles. The van der Waals surface area contributed by atoms with E-state index in [1.165, 1.54) is 31.6 Å². The van der Waals surface area contributed by atoms with Gasteiger partial charge >= 0.3 is 0 Å². The molecule has 0 aromatic carbocycles. The molecule has 5 heteroatoms. The Bertz CT molecular complexity index is 378. The van der Waals surface area contributed by atoms with Gasteiger partial charge in [0.05, 0.1) is 6.61 Å². The van der Waals surface area contributed by atoms with Gasteiger partial charge in [0.2, 0.25) is 0 Å². The van der Waals surface area contributed by atoms with Crippen LogP contribution in [0.5, 0.6) is 0 Å². The summed E-state index contributed by atoms with van der Waals surface area (Å²) in [5, 5.41) is 3.34. The third-order valence-electron chi connectivity index (χ3n) is 4.01. The molecule has 0 saturated carbocycles. The van der Waals surface area contributed by atoms with E-state index in [4.69, 9.17) is 4.74 Å². The molecule has 5 nitrogen and oxygen atoms in total. The fourth-order valence-corrected chi connectivity index (χ4v) is 2.78. The fourth-order valence-electron chi connectivity index (χ4n) is 2.78. The van der Waals surface area contributed by atoms with E-state index in [-0.39, 0.29) is 6.10 Å². The highest BCUT2D eigenvalue weighted by Crippen LogP contribution is 2.27. The van der Waals surface area contributed by atoms with Gasteiger partial charge in [-0.3, -0.25) is 0 Å². The lowest BCUT2D eigenvalue weighted by Gasteiger charge is -2.28. The van der Waals surface area contributed by atoms with Gasteiger partial charge in [0.15, 0.2) is 0 Å². The zero-order valence-corrected chi connectivity index (χ0v) is 11.0. The smallest absolute Gasteiger partial charge is 0.136 e. The number of aromatic nitrogens is 2. The Hall–Kier alpha value is -0.910. The first-order valence-corrected chi connectivity index (χ1v) is 6.88. The molecule has 1 unspecified atom stereocenters. The molecule has 1 atom stereocenters. The molecule has 2 aliphatic rings. The van der Waals surface area contributed by atoms with Crippen LogP contribution in [0, 0.1) is 0 Å². The predicted octanol–water partition coefficient (Wildman–Crippen LogP) is 0.880. The number of aromatic amines is 1. The zero-order chi connectivity index (χ0) is 12.4. The summed E-state index contributed by atoms with van der Waals surface area (Å²) in [6.45, 7) is 4.94. The van der Waals surface area contributed by atoms with Crippen molar-refractivity contribution < 1.29 is 4.74 Å². The van der Waals surface area contributed by atoms with E-state index in [1.54, 1.807) is 0 Å². The van der Waals surface area contributed by atoms with Crippen LogP contribution in [0.2, 0.25) is 0 Å². The highest BCUT2D eigenvalue weighted by molar-refractivity contribution is 5.10. The molecule has 2 saturated heterocycles. The molecule has 18 heavy (non-hydrogen) atoms. The van der Waals surface area contributed by atoms with E-state index in [2.05, 4.69) is 27.2 Å². The first kappa shape index (κ1) is 12.1. The Morgan fingerprint density at radius 3 is 2.94 bits per heavy atom. The summed E-state index contributed by atoms with van der Waals surface area (Å²) in [4.78, 5) is 10.4. The molecule has 1 aromatic heterocycles. The van der Waals surface area contributed by atoms with E-state index < -0.39 is 0 Å². The fraction of sp³-hybridized carbons (Fsp3) is 0.769. The quantitative estimate of drug-likeness (QED) is 0.818. The van der Waals surface area contributed by atoms with Crippen LogP contribution in [0.4, 0.5) is 0 Å². The molecule has 2 N–H and O–H groups in total. The van der Waals surface area contributed by atoms with Crippen LogP contribution in [0.1, 0.15) is 36.4 Å². The Labute approximate surface area is 108 Å². The minimum absolute atomic E-state index is 0.0961. The molecular weight excluding hydrogens is 228 g/mol. The number of hydrogen-bond acceptors (Lipinski definition) is 4. The van der Waals surface area contributed by atoms with Crippen molar-refractivity contribution >= 4 is 0 Å². The average Bonchev–Trinajstić information content (AvgIpc) is 2.90. The van der Waals surface area contributed by atoms with Crippen LogP contribution in [0.25, 0.3) is 0 Å². The maximum absolute atomic E-state index is 5.72. The molecule has 1 aromatic rings. The summed E-state index contributed by atoms with van der Waals surface area (Å²) in [6.07, 6.45) is 4.55. The number of H-pyrrole nitrogens is 1. The SMILES string of the molecule is CN1CCC(c2cnc(C3CNCCO3)[nH]2)CC1. The van der Waals surface area contributed by atoms with Gasteiger partial charge in [-0.15, -0.1) is 0 Å². The highest BCUT2D eigenvalue weighted by atomic mass is 16.5. The number of imidazole rings is 1. The number of nitrogens with one attached hydrogen (secondary N) is 2. The monoisotopic (exact) mass is 250 g/mol. The van der Waals surface area contributed by atoms with E-state index in [0.29, 0.717) is 5.92 Å². The first-order chi connectivity index (χ1) is 8.83. The second-order valence-corrected chi connectivity index (χ2v) is 5.36. The summed E-state index contributed by atoms with van der Waals surface area (Å²) >= 11 is 0. The van der Waals surface area contributed by atoms with Gasteiger partial charge in [-0.2, -0.15) is 0 Å². The number of nitrogens with zero attached hydrogens (tertiary/aromatic N) is 2. The number of ether oxygens (including phenoxy) is 1. The summed E-state index contributed by atoms with van der Waals surface area (Å²) in [5.41, 5.74) is 1.28. The minimum Gasteiger partial charge on any atom is -0.368 e. The summed E-state index contributed by atoms with van der Waals surface area (Å²) in [5.74, 6) is 1.62. The summed E-state index contributed by atoms with van der Waals surface area (Å²) in [6, 6.07) is 0. The van der Waals surface area contributed by atoms with E-state index in [1.807, 2.05) is 6.20 Å². The van der Waals surface area contributed by atoms with Crippen molar-refractivity contribution in [3.63, 3.8) is 0 Å². The molecule has 3 heterocycles. The number of rotatable bonds is 2. The molecule has 0 bridgehead atoms. The Morgan fingerprint density at radius 1 is 1.39 bits per heavy atom. The molecule has 0 amide bonds. The van der Waals surface area contributed by atoms with E-state index in [0.717, 1.165) is 25.5 Å². The van der Waals surface area contributed by atoms with Crippen LogP contribution in [0.15, 0.2) is 6.20 Å². The van der Waals surface area contributed by atoms with Gasteiger partial charge in [0.25, 0.3) is 0 Å². The van der Waals surface area contributed by atoms with Crippen LogP contribution >= 0.6 is 0 Å². The largest absolute Gasteiger partial charge is 0.368 e. The predicted molar refractivity (Wildman–Crippen MR) is 69.6 cm³/mol. The lowest BCUT2D eigenvalue weighted by atomic mass is 9.94. The zero-order valence-electron chi connectivity index (χ0n) is 11.0. The van der Waals surface area contributed by atoms with Crippen molar-refractivity contribution in [2.45, 2.75) is 24.9 Å². The van der Waals surface area contributed by atoms with Crippen molar-refractivity contribution in [2.24, 2.45) is 0 Å². The highest BCUT2D eigenvalue weighted by Gasteiger charge is 2.23. The van der Waals surface area contributed by atoms with Gasteiger partial charge < -0.3 is 19.9 Å². The number of piperidine rings is 1. The topological polar surface area (TPSA) is 53.2 Å². The maximum Gasteiger partial charge on any atom is 0.136 e. The summed E-state index contributed by atoms with van der Waals surface area (Å²) in [7, 11) is 2.19. The number of likely N-dealkylation sites (tertiary alicyclic amines) is 1. The number of morpholine rings is 1. The van der Waals surface area contributed by atoms with Crippen LogP contribution in [-0.4, -0.2) is 54.7 Å². The molecule has 3 rings (SSSR count). The standard InChI is InChI=1S/C13H22N4O/c1-17-5-2-10(3-6-17)11-8-15-13(16-11)12-9-14-4-7-18-12/h8,10,12,14H,2-7,9H2,1H3,(H,15,16). The van der Waals surface area contributed by atoms with Gasteiger partial charge in [-0.25, -0.2) is 4.98 Å². The third-order valence-corrected chi connectivity index (χ3v) is 4.01. The third kappa shape index (κ3) is 2.58. The molecule has 0 radical (unpaired) electrons. The van der Waals surface area contributed by atoms with Crippen LogP contribution in [-0.2, 0) is 4.74 Å². The van der Waals surface area contributed by atoms with Crippen molar-refractivity contribution in [1.29, 1.82) is 0 Å². The van der Waals surface area contributed by atoms with E-state index >= 15 is 0 Å². The van der Waals surface area contributed by atoms with Gasteiger partial charge in [0, 0.05) is 30.9 Å². The Balaban J connectivity index is 1.65. The average molecular weight is 250 g/mol. The first-order valence-electron chi connectivity index (χ1n) is 6.88.